The third-order valence-electron chi connectivity index (χ3n) is 4.66. The molecular weight excluding hydrogens is 312 g/mol. The predicted octanol–water partition coefficient (Wildman–Crippen LogP) is 2.82. The molecule has 1 fully saturated rings. The molecule has 1 saturated heterocycles. The van der Waals surface area contributed by atoms with Crippen LogP contribution < -0.4 is 10.1 Å². The van der Waals surface area contributed by atoms with E-state index in [9.17, 15) is 4.79 Å². The van der Waals surface area contributed by atoms with Gasteiger partial charge in [0.1, 0.15) is 12.4 Å². The molecule has 0 saturated carbocycles. The highest BCUT2D eigenvalue weighted by Gasteiger charge is 2.24. The average molecular weight is 342 g/mol. The Balaban J connectivity index is 1.66. The number of terminal acetylenes is 1. The van der Waals surface area contributed by atoms with E-state index < -0.39 is 0 Å². The lowest BCUT2D eigenvalue weighted by Gasteiger charge is -2.29. The number of benzene rings is 1. The van der Waals surface area contributed by atoms with Gasteiger partial charge in [-0.15, -0.1) is 6.42 Å². The molecule has 1 aliphatic heterocycles. The summed E-state index contributed by atoms with van der Waals surface area (Å²) in [6, 6.07) is 8.17. The minimum absolute atomic E-state index is 0.0973. The standard InChI is InChI=1S/C21H30N2O2/c1-5-13-23-14-10-17(11-15-23)20(24)22-12-16-25-19-8-6-18(7-9-19)21(2,3)4/h1,6-9,17H,10-16H2,2-4H3,(H,22,24). The van der Waals surface area contributed by atoms with Crippen LogP contribution >= 0.6 is 0 Å². The van der Waals surface area contributed by atoms with Crippen molar-refractivity contribution in [2.45, 2.75) is 39.0 Å². The van der Waals surface area contributed by atoms with Gasteiger partial charge in [-0.2, -0.15) is 0 Å². The molecule has 0 aliphatic carbocycles. The van der Waals surface area contributed by atoms with Gasteiger partial charge in [-0.25, -0.2) is 0 Å². The number of piperidine rings is 1. The summed E-state index contributed by atoms with van der Waals surface area (Å²) in [5.41, 5.74) is 1.42. The lowest BCUT2D eigenvalue weighted by molar-refractivity contribution is -0.126. The number of hydrogen-bond donors (Lipinski definition) is 1. The molecule has 0 radical (unpaired) electrons. The summed E-state index contributed by atoms with van der Waals surface area (Å²) in [5.74, 6) is 3.73. The van der Waals surface area contributed by atoms with Crippen molar-refractivity contribution in [2.75, 3.05) is 32.8 Å². The number of hydrogen-bond acceptors (Lipinski definition) is 3. The van der Waals surface area contributed by atoms with Gasteiger partial charge in [0.2, 0.25) is 5.91 Å². The fraction of sp³-hybridized carbons (Fsp3) is 0.571. The summed E-state index contributed by atoms with van der Waals surface area (Å²) in [6.45, 7) is 10.1. The van der Waals surface area contributed by atoms with E-state index in [1.54, 1.807) is 0 Å². The van der Waals surface area contributed by atoms with E-state index in [-0.39, 0.29) is 17.2 Å². The maximum atomic E-state index is 12.2. The second-order valence-electron chi connectivity index (χ2n) is 7.67. The molecule has 0 bridgehead atoms. The molecule has 1 N–H and O–H groups in total. The van der Waals surface area contributed by atoms with Crippen LogP contribution in [0.3, 0.4) is 0 Å². The lowest BCUT2D eigenvalue weighted by atomic mass is 9.87. The van der Waals surface area contributed by atoms with Gasteiger partial charge in [-0.3, -0.25) is 9.69 Å². The first kappa shape index (κ1) is 19.3. The van der Waals surface area contributed by atoms with Crippen LogP contribution in [0.5, 0.6) is 5.75 Å². The highest BCUT2D eigenvalue weighted by Crippen LogP contribution is 2.24. The zero-order valence-electron chi connectivity index (χ0n) is 15.7. The van der Waals surface area contributed by atoms with Crippen LogP contribution in [-0.2, 0) is 10.2 Å². The van der Waals surface area contributed by atoms with E-state index in [0.717, 1.165) is 31.7 Å². The highest BCUT2D eigenvalue weighted by atomic mass is 16.5. The first-order valence-corrected chi connectivity index (χ1v) is 9.07. The van der Waals surface area contributed by atoms with Gasteiger partial charge < -0.3 is 10.1 Å². The zero-order chi connectivity index (χ0) is 18.3. The second-order valence-corrected chi connectivity index (χ2v) is 7.67. The molecule has 0 atom stereocenters. The average Bonchev–Trinajstić information content (AvgIpc) is 2.59. The van der Waals surface area contributed by atoms with Gasteiger partial charge in [0, 0.05) is 5.92 Å². The van der Waals surface area contributed by atoms with E-state index in [1.165, 1.54) is 5.56 Å². The molecule has 0 aromatic heterocycles. The molecule has 1 aromatic carbocycles. The van der Waals surface area contributed by atoms with Crippen LogP contribution in [0.4, 0.5) is 0 Å². The van der Waals surface area contributed by atoms with Crippen molar-refractivity contribution < 1.29 is 9.53 Å². The normalized spacial score (nSPS) is 16.2. The quantitative estimate of drug-likeness (QED) is 0.638. The monoisotopic (exact) mass is 342 g/mol. The second kappa shape index (κ2) is 8.92. The highest BCUT2D eigenvalue weighted by molar-refractivity contribution is 5.78. The minimum Gasteiger partial charge on any atom is -0.492 e. The molecule has 136 valence electrons. The number of rotatable bonds is 6. The Bertz CT molecular complexity index is 588. The van der Waals surface area contributed by atoms with E-state index in [4.69, 9.17) is 11.2 Å². The van der Waals surface area contributed by atoms with Gasteiger partial charge in [0.25, 0.3) is 0 Å². The maximum absolute atomic E-state index is 12.2. The van der Waals surface area contributed by atoms with Crippen molar-refractivity contribution in [3.05, 3.63) is 29.8 Å². The summed E-state index contributed by atoms with van der Waals surface area (Å²) < 4.78 is 5.72. The van der Waals surface area contributed by atoms with Crippen LogP contribution in [0.2, 0.25) is 0 Å². The van der Waals surface area contributed by atoms with Crippen LogP contribution in [-0.4, -0.2) is 43.6 Å². The number of carbonyl (C=O) groups is 1. The minimum atomic E-state index is 0.0973. The van der Waals surface area contributed by atoms with Crippen LogP contribution in [0.25, 0.3) is 0 Å². The molecule has 1 amide bonds. The SMILES string of the molecule is C#CCN1CCC(C(=O)NCCOc2ccc(C(C)(C)C)cc2)CC1. The van der Waals surface area contributed by atoms with Gasteiger partial charge in [-0.05, 0) is 49.0 Å². The Morgan fingerprint density at radius 1 is 1.28 bits per heavy atom. The number of nitrogens with zero attached hydrogens (tertiary/aromatic N) is 1. The van der Waals surface area contributed by atoms with Crippen LogP contribution in [0.15, 0.2) is 24.3 Å². The molecule has 1 aliphatic rings. The van der Waals surface area contributed by atoms with Crippen molar-refractivity contribution >= 4 is 5.91 Å². The summed E-state index contributed by atoms with van der Waals surface area (Å²) in [4.78, 5) is 14.4. The Kier molecular flexibility index (Phi) is 6.90. The topological polar surface area (TPSA) is 41.6 Å². The number of amides is 1. The van der Waals surface area contributed by atoms with Gasteiger partial charge in [0.05, 0.1) is 13.1 Å². The first-order chi connectivity index (χ1) is 11.9. The van der Waals surface area contributed by atoms with Gasteiger partial charge >= 0.3 is 0 Å². The molecule has 25 heavy (non-hydrogen) atoms. The molecule has 2 rings (SSSR count). The fourth-order valence-corrected chi connectivity index (χ4v) is 3.02. The lowest BCUT2D eigenvalue weighted by Crippen LogP contribution is -2.41. The molecular formula is C21H30N2O2. The number of likely N-dealkylation sites (tertiary alicyclic amines) is 1. The molecule has 1 aromatic rings. The maximum Gasteiger partial charge on any atom is 0.223 e. The molecule has 0 unspecified atom stereocenters. The van der Waals surface area contributed by atoms with Crippen molar-refractivity contribution in [1.29, 1.82) is 0 Å². The largest absolute Gasteiger partial charge is 0.492 e. The summed E-state index contributed by atoms with van der Waals surface area (Å²) in [7, 11) is 0. The molecule has 0 spiro atoms. The summed E-state index contributed by atoms with van der Waals surface area (Å²) in [5, 5.41) is 2.98. The Morgan fingerprint density at radius 2 is 1.92 bits per heavy atom. The number of carbonyl (C=O) groups excluding carboxylic acids is 1. The fourth-order valence-electron chi connectivity index (χ4n) is 3.02. The Hall–Kier alpha value is -1.99. The smallest absolute Gasteiger partial charge is 0.223 e. The number of nitrogens with one attached hydrogen (secondary N) is 1. The van der Waals surface area contributed by atoms with Crippen molar-refractivity contribution in [3.8, 4) is 18.1 Å². The third kappa shape index (κ3) is 6.10. The molecule has 1 heterocycles. The van der Waals surface area contributed by atoms with Gasteiger partial charge in [-0.1, -0.05) is 38.8 Å². The summed E-state index contributed by atoms with van der Waals surface area (Å²) >= 11 is 0. The predicted molar refractivity (Wildman–Crippen MR) is 102 cm³/mol. The summed E-state index contributed by atoms with van der Waals surface area (Å²) in [6.07, 6.45) is 7.08. The van der Waals surface area contributed by atoms with E-state index >= 15 is 0 Å². The third-order valence-corrected chi connectivity index (χ3v) is 4.66. The van der Waals surface area contributed by atoms with Crippen LogP contribution in [0, 0.1) is 18.3 Å². The zero-order valence-corrected chi connectivity index (χ0v) is 15.7. The number of ether oxygens (including phenoxy) is 1. The van der Waals surface area contributed by atoms with E-state index in [0.29, 0.717) is 19.7 Å². The van der Waals surface area contributed by atoms with Gasteiger partial charge in [0.15, 0.2) is 0 Å². The van der Waals surface area contributed by atoms with E-state index in [1.807, 2.05) is 12.1 Å². The van der Waals surface area contributed by atoms with E-state index in [2.05, 4.69) is 49.0 Å². The van der Waals surface area contributed by atoms with Crippen molar-refractivity contribution in [1.82, 2.24) is 10.2 Å². The Labute approximate surface area is 151 Å². The molecule has 4 nitrogen and oxygen atoms in total. The van der Waals surface area contributed by atoms with Crippen LogP contribution in [0.1, 0.15) is 39.2 Å². The molecule has 4 heteroatoms. The Morgan fingerprint density at radius 3 is 2.48 bits per heavy atom. The van der Waals surface area contributed by atoms with Crippen molar-refractivity contribution in [3.63, 3.8) is 0 Å². The first-order valence-electron chi connectivity index (χ1n) is 9.07. The van der Waals surface area contributed by atoms with Crippen molar-refractivity contribution in [2.24, 2.45) is 5.92 Å².